The number of halogens is 2. The van der Waals surface area contributed by atoms with Crippen LogP contribution in [0.15, 0.2) is 18.2 Å². The maximum absolute atomic E-state index is 13.0. The van der Waals surface area contributed by atoms with Gasteiger partial charge >= 0.3 is 6.03 Å². The van der Waals surface area contributed by atoms with Gasteiger partial charge in [0, 0.05) is 5.02 Å². The van der Waals surface area contributed by atoms with Crippen LogP contribution in [0.5, 0.6) is 0 Å². The predicted octanol–water partition coefficient (Wildman–Crippen LogP) is 2.47. The topological polar surface area (TPSA) is 82.7 Å². The van der Waals surface area contributed by atoms with Gasteiger partial charge in [0.1, 0.15) is 11.6 Å². The van der Waals surface area contributed by atoms with Gasteiger partial charge in [0.05, 0.1) is 12.6 Å². The molecule has 0 spiro atoms. The Morgan fingerprint density at radius 1 is 1.52 bits per heavy atom. The first-order chi connectivity index (χ1) is 9.95. The second-order valence-corrected chi connectivity index (χ2v) is 4.96. The van der Waals surface area contributed by atoms with Crippen molar-refractivity contribution in [3.05, 3.63) is 46.3 Å². The summed E-state index contributed by atoms with van der Waals surface area (Å²) in [6.45, 7) is 3.74. The molecule has 1 aromatic carbocycles. The zero-order chi connectivity index (χ0) is 15.4. The number of benzene rings is 1. The number of nitrogens with zero attached hydrogens (tertiary/aromatic N) is 2. The summed E-state index contributed by atoms with van der Waals surface area (Å²) in [7, 11) is 0. The van der Waals surface area contributed by atoms with E-state index in [0.29, 0.717) is 17.2 Å². The Morgan fingerprint density at radius 2 is 2.29 bits per heavy atom. The summed E-state index contributed by atoms with van der Waals surface area (Å²) >= 11 is 5.95. The molecule has 1 aromatic heterocycles. The average Bonchev–Trinajstić information content (AvgIpc) is 2.82. The van der Waals surface area contributed by atoms with E-state index in [0.717, 1.165) is 0 Å². The summed E-state index contributed by atoms with van der Waals surface area (Å²) in [4.78, 5) is 15.9. The minimum Gasteiger partial charge on any atom is -0.332 e. The summed E-state index contributed by atoms with van der Waals surface area (Å²) in [6, 6.07) is 3.32. The number of carbonyl (C=O) groups is 1. The highest BCUT2D eigenvalue weighted by atomic mass is 35.5. The lowest BCUT2D eigenvalue weighted by atomic mass is 10.1. The van der Waals surface area contributed by atoms with E-state index in [9.17, 15) is 9.18 Å². The molecule has 0 saturated carbocycles. The number of aromatic amines is 1. The largest absolute Gasteiger partial charge is 0.332 e. The Hall–Kier alpha value is -2.15. The molecule has 0 saturated heterocycles. The first kappa shape index (κ1) is 15.2. The van der Waals surface area contributed by atoms with Crippen LogP contribution >= 0.6 is 11.6 Å². The maximum atomic E-state index is 13.0. The number of rotatable bonds is 4. The standard InChI is InChI=1S/C13H15ClFN5O/c1-7(10-4-3-9(15)5-11(10)14)17-13(21)16-6-12-18-8(2)19-20-12/h3-5,7H,6H2,1-2H3,(H2,16,17,21)(H,18,19,20)/t7-/m1/s1. The molecule has 2 aromatic rings. The zero-order valence-corrected chi connectivity index (χ0v) is 12.3. The first-order valence-corrected chi connectivity index (χ1v) is 6.70. The van der Waals surface area contributed by atoms with Gasteiger partial charge in [-0.3, -0.25) is 5.10 Å². The highest BCUT2D eigenvalue weighted by Crippen LogP contribution is 2.23. The van der Waals surface area contributed by atoms with Crippen molar-refractivity contribution in [1.29, 1.82) is 0 Å². The van der Waals surface area contributed by atoms with Crippen LogP contribution in [-0.4, -0.2) is 21.2 Å². The minimum absolute atomic E-state index is 0.208. The Balaban J connectivity index is 1.89. The molecule has 1 heterocycles. The van der Waals surface area contributed by atoms with Gasteiger partial charge in [-0.05, 0) is 31.5 Å². The molecule has 3 N–H and O–H groups in total. The number of hydrogen-bond donors (Lipinski definition) is 3. The van der Waals surface area contributed by atoms with Crippen LogP contribution < -0.4 is 10.6 Å². The van der Waals surface area contributed by atoms with Crippen molar-refractivity contribution in [2.24, 2.45) is 0 Å². The number of urea groups is 1. The monoisotopic (exact) mass is 311 g/mol. The number of amides is 2. The molecule has 6 nitrogen and oxygen atoms in total. The average molecular weight is 312 g/mol. The summed E-state index contributed by atoms with van der Waals surface area (Å²) in [6.07, 6.45) is 0. The van der Waals surface area contributed by atoms with Crippen LogP contribution in [0.4, 0.5) is 9.18 Å². The fourth-order valence-electron chi connectivity index (χ4n) is 1.81. The number of carbonyl (C=O) groups excluding carboxylic acids is 1. The fourth-order valence-corrected chi connectivity index (χ4v) is 2.14. The van der Waals surface area contributed by atoms with Crippen molar-refractivity contribution in [3.8, 4) is 0 Å². The van der Waals surface area contributed by atoms with Crippen molar-refractivity contribution in [3.63, 3.8) is 0 Å². The van der Waals surface area contributed by atoms with E-state index in [-0.39, 0.29) is 23.6 Å². The fraction of sp³-hybridized carbons (Fsp3) is 0.308. The molecule has 0 aliphatic heterocycles. The van der Waals surface area contributed by atoms with E-state index in [1.807, 2.05) is 0 Å². The Morgan fingerprint density at radius 3 is 2.90 bits per heavy atom. The van der Waals surface area contributed by atoms with Gasteiger partial charge in [-0.25, -0.2) is 14.2 Å². The van der Waals surface area contributed by atoms with E-state index >= 15 is 0 Å². The lowest BCUT2D eigenvalue weighted by Gasteiger charge is -2.16. The van der Waals surface area contributed by atoms with Gasteiger partial charge in [0.25, 0.3) is 0 Å². The normalized spacial score (nSPS) is 12.0. The van der Waals surface area contributed by atoms with Gasteiger partial charge < -0.3 is 10.6 Å². The van der Waals surface area contributed by atoms with Crippen molar-refractivity contribution < 1.29 is 9.18 Å². The first-order valence-electron chi connectivity index (χ1n) is 6.33. The van der Waals surface area contributed by atoms with Gasteiger partial charge in [0.15, 0.2) is 5.82 Å². The van der Waals surface area contributed by atoms with Crippen LogP contribution in [0.3, 0.4) is 0 Å². The van der Waals surface area contributed by atoms with Crippen molar-refractivity contribution in [2.45, 2.75) is 26.4 Å². The third kappa shape index (κ3) is 4.16. The number of aromatic nitrogens is 3. The molecule has 0 aliphatic rings. The Kier molecular flexibility index (Phi) is 4.74. The Labute approximate surface area is 126 Å². The van der Waals surface area contributed by atoms with Crippen molar-refractivity contribution in [2.75, 3.05) is 0 Å². The summed E-state index contributed by atoms with van der Waals surface area (Å²) < 4.78 is 13.0. The predicted molar refractivity (Wildman–Crippen MR) is 76.3 cm³/mol. The molecular weight excluding hydrogens is 297 g/mol. The van der Waals surface area contributed by atoms with E-state index in [2.05, 4.69) is 25.8 Å². The molecule has 0 fully saturated rings. The van der Waals surface area contributed by atoms with E-state index in [1.165, 1.54) is 12.1 Å². The molecule has 8 heteroatoms. The Bertz CT molecular complexity index is 645. The lowest BCUT2D eigenvalue weighted by molar-refractivity contribution is 0.237. The van der Waals surface area contributed by atoms with Gasteiger partial charge in [-0.15, -0.1) is 0 Å². The van der Waals surface area contributed by atoms with Crippen LogP contribution in [0, 0.1) is 12.7 Å². The summed E-state index contributed by atoms with van der Waals surface area (Å²) in [5.41, 5.74) is 0.641. The van der Waals surface area contributed by atoms with Crippen molar-refractivity contribution in [1.82, 2.24) is 25.8 Å². The minimum atomic E-state index is -0.416. The zero-order valence-electron chi connectivity index (χ0n) is 11.6. The second-order valence-electron chi connectivity index (χ2n) is 4.55. The molecule has 21 heavy (non-hydrogen) atoms. The van der Waals surface area contributed by atoms with E-state index in [4.69, 9.17) is 11.6 Å². The summed E-state index contributed by atoms with van der Waals surface area (Å²) in [5, 5.41) is 12.2. The molecule has 2 amide bonds. The smallest absolute Gasteiger partial charge is 0.315 e. The van der Waals surface area contributed by atoms with Crippen LogP contribution in [0.25, 0.3) is 0 Å². The lowest BCUT2D eigenvalue weighted by Crippen LogP contribution is -2.37. The molecule has 0 unspecified atom stereocenters. The molecule has 112 valence electrons. The molecule has 0 aliphatic carbocycles. The van der Waals surface area contributed by atoms with Gasteiger partial charge in [0.2, 0.25) is 0 Å². The van der Waals surface area contributed by atoms with Crippen LogP contribution in [-0.2, 0) is 6.54 Å². The molecule has 0 radical (unpaired) electrons. The van der Waals surface area contributed by atoms with Crippen LogP contribution in [0.2, 0.25) is 5.02 Å². The SMILES string of the molecule is Cc1nc(CNC(=O)N[C@H](C)c2ccc(F)cc2Cl)n[nH]1. The number of H-pyrrole nitrogens is 1. The highest BCUT2D eigenvalue weighted by molar-refractivity contribution is 6.31. The molecule has 1 atom stereocenters. The third-order valence-electron chi connectivity index (χ3n) is 2.83. The number of nitrogens with one attached hydrogen (secondary N) is 3. The van der Waals surface area contributed by atoms with Crippen molar-refractivity contribution >= 4 is 17.6 Å². The third-order valence-corrected chi connectivity index (χ3v) is 3.15. The quantitative estimate of drug-likeness (QED) is 0.811. The molecular formula is C13H15ClFN5O. The highest BCUT2D eigenvalue weighted by Gasteiger charge is 2.13. The number of aryl methyl sites for hydroxylation is 1. The van der Waals surface area contributed by atoms with Gasteiger partial charge in [-0.1, -0.05) is 17.7 Å². The maximum Gasteiger partial charge on any atom is 0.315 e. The van der Waals surface area contributed by atoms with E-state index in [1.54, 1.807) is 19.9 Å². The van der Waals surface area contributed by atoms with E-state index < -0.39 is 5.82 Å². The molecule has 2 rings (SSSR count). The summed E-state index contributed by atoms with van der Waals surface area (Å²) in [5.74, 6) is 0.758. The number of hydrogen-bond acceptors (Lipinski definition) is 3. The van der Waals surface area contributed by atoms with Crippen LogP contribution in [0.1, 0.15) is 30.2 Å². The second kappa shape index (κ2) is 6.53. The molecule has 0 bridgehead atoms. The van der Waals surface area contributed by atoms with Gasteiger partial charge in [-0.2, -0.15) is 5.10 Å².